The molecule has 0 saturated carbocycles. The van der Waals surface area contributed by atoms with Crippen LogP contribution in [0, 0.1) is 0 Å². The van der Waals surface area contributed by atoms with E-state index in [4.69, 9.17) is 21.1 Å². The van der Waals surface area contributed by atoms with Crippen LogP contribution in [0.3, 0.4) is 0 Å². The Labute approximate surface area is 147 Å². The lowest BCUT2D eigenvalue weighted by Crippen LogP contribution is -2.29. The second-order valence-corrected chi connectivity index (χ2v) is 5.82. The van der Waals surface area contributed by atoms with Crippen molar-refractivity contribution in [2.24, 2.45) is 0 Å². The van der Waals surface area contributed by atoms with E-state index in [1.165, 1.54) is 0 Å². The molecular formula is C18H21ClN2O3. The van der Waals surface area contributed by atoms with Crippen LogP contribution in [0.2, 0.25) is 5.02 Å². The Balaban J connectivity index is 1.96. The monoisotopic (exact) mass is 348 g/mol. The standard InChI is InChI=1S/C18H21ClN2O3/c1-21(11-13-6-4-5-7-17(13)19)12-18(22)20-14-8-15(23-2)10-16(9-14)24-3/h4-10H,11-12H2,1-3H3,(H,20,22). The molecule has 0 unspecified atom stereocenters. The van der Waals surface area contributed by atoms with E-state index in [2.05, 4.69) is 5.32 Å². The van der Waals surface area contributed by atoms with Crippen LogP contribution in [0.4, 0.5) is 5.69 Å². The Kier molecular flexibility index (Phi) is 6.46. The molecule has 0 bridgehead atoms. The maximum Gasteiger partial charge on any atom is 0.238 e. The van der Waals surface area contributed by atoms with Crippen LogP contribution in [-0.2, 0) is 11.3 Å². The highest BCUT2D eigenvalue weighted by Crippen LogP contribution is 2.25. The molecular weight excluding hydrogens is 328 g/mol. The summed E-state index contributed by atoms with van der Waals surface area (Å²) in [5.74, 6) is 1.11. The number of ether oxygens (including phenoxy) is 2. The van der Waals surface area contributed by atoms with E-state index in [9.17, 15) is 4.79 Å². The number of methoxy groups -OCH3 is 2. The molecule has 1 amide bonds. The van der Waals surface area contributed by atoms with Gasteiger partial charge in [0.05, 0.1) is 20.8 Å². The fourth-order valence-electron chi connectivity index (χ4n) is 2.30. The number of likely N-dealkylation sites (N-methyl/N-ethyl adjacent to an activating group) is 1. The summed E-state index contributed by atoms with van der Waals surface area (Å²) in [7, 11) is 5.00. The van der Waals surface area contributed by atoms with Crippen molar-refractivity contribution in [3.05, 3.63) is 53.1 Å². The van der Waals surface area contributed by atoms with Gasteiger partial charge in [0.2, 0.25) is 5.91 Å². The normalized spacial score (nSPS) is 10.5. The molecule has 0 radical (unpaired) electrons. The Morgan fingerprint density at radius 3 is 2.33 bits per heavy atom. The first kappa shape index (κ1) is 18.1. The minimum atomic E-state index is -0.125. The quantitative estimate of drug-likeness (QED) is 0.833. The molecule has 5 nitrogen and oxygen atoms in total. The highest BCUT2D eigenvalue weighted by molar-refractivity contribution is 6.31. The summed E-state index contributed by atoms with van der Waals surface area (Å²) in [6.45, 7) is 0.833. The van der Waals surface area contributed by atoms with Crippen molar-refractivity contribution >= 4 is 23.2 Å². The van der Waals surface area contributed by atoms with Gasteiger partial charge >= 0.3 is 0 Å². The molecule has 0 saturated heterocycles. The number of carbonyl (C=O) groups is 1. The Morgan fingerprint density at radius 1 is 1.12 bits per heavy atom. The van der Waals surface area contributed by atoms with Crippen LogP contribution in [-0.4, -0.2) is 38.6 Å². The number of halogens is 1. The first-order chi connectivity index (χ1) is 11.5. The van der Waals surface area contributed by atoms with Crippen LogP contribution in [0.25, 0.3) is 0 Å². The fourth-order valence-corrected chi connectivity index (χ4v) is 2.49. The lowest BCUT2D eigenvalue weighted by atomic mass is 10.2. The van der Waals surface area contributed by atoms with E-state index in [0.29, 0.717) is 28.8 Å². The number of nitrogens with one attached hydrogen (secondary N) is 1. The van der Waals surface area contributed by atoms with Crippen LogP contribution in [0.15, 0.2) is 42.5 Å². The molecule has 0 aliphatic heterocycles. The van der Waals surface area contributed by atoms with Gasteiger partial charge in [0.25, 0.3) is 0 Å². The summed E-state index contributed by atoms with van der Waals surface area (Å²) < 4.78 is 10.4. The van der Waals surface area contributed by atoms with E-state index < -0.39 is 0 Å². The molecule has 0 aromatic heterocycles. The zero-order valence-electron chi connectivity index (χ0n) is 14.0. The van der Waals surface area contributed by atoms with Gasteiger partial charge in [0, 0.05) is 35.5 Å². The van der Waals surface area contributed by atoms with Crippen molar-refractivity contribution in [1.82, 2.24) is 4.90 Å². The van der Waals surface area contributed by atoms with E-state index in [1.807, 2.05) is 36.2 Å². The second kappa shape index (κ2) is 8.57. The SMILES string of the molecule is COc1cc(NC(=O)CN(C)Cc2ccccc2Cl)cc(OC)c1. The molecule has 128 valence electrons. The number of nitrogens with zero attached hydrogens (tertiary/aromatic N) is 1. The van der Waals surface area contributed by atoms with E-state index >= 15 is 0 Å². The Hall–Kier alpha value is -2.24. The van der Waals surface area contributed by atoms with Crippen molar-refractivity contribution in [2.75, 3.05) is 33.1 Å². The third-order valence-corrected chi connectivity index (χ3v) is 3.82. The summed E-state index contributed by atoms with van der Waals surface area (Å²) in [6.07, 6.45) is 0. The maximum atomic E-state index is 12.2. The summed E-state index contributed by atoms with van der Waals surface area (Å²) in [5.41, 5.74) is 1.61. The molecule has 0 aliphatic carbocycles. The number of anilines is 1. The Morgan fingerprint density at radius 2 is 1.75 bits per heavy atom. The molecule has 0 aliphatic rings. The van der Waals surface area contributed by atoms with E-state index in [1.54, 1.807) is 32.4 Å². The van der Waals surface area contributed by atoms with Gasteiger partial charge in [-0.05, 0) is 18.7 Å². The highest BCUT2D eigenvalue weighted by atomic mass is 35.5. The van der Waals surface area contributed by atoms with Gasteiger partial charge in [-0.15, -0.1) is 0 Å². The van der Waals surface area contributed by atoms with Gasteiger partial charge in [0.15, 0.2) is 0 Å². The molecule has 2 aromatic carbocycles. The van der Waals surface area contributed by atoms with E-state index in [-0.39, 0.29) is 12.5 Å². The summed E-state index contributed by atoms with van der Waals surface area (Å²) >= 11 is 6.15. The van der Waals surface area contributed by atoms with Gasteiger partial charge in [-0.2, -0.15) is 0 Å². The molecule has 2 aromatic rings. The third kappa shape index (κ3) is 5.15. The van der Waals surface area contributed by atoms with Crippen molar-refractivity contribution < 1.29 is 14.3 Å². The molecule has 0 spiro atoms. The van der Waals surface area contributed by atoms with Gasteiger partial charge in [0.1, 0.15) is 11.5 Å². The average molecular weight is 349 g/mol. The number of amides is 1. The molecule has 0 atom stereocenters. The molecule has 6 heteroatoms. The van der Waals surface area contributed by atoms with Crippen LogP contribution in [0.1, 0.15) is 5.56 Å². The van der Waals surface area contributed by atoms with Crippen molar-refractivity contribution in [3.8, 4) is 11.5 Å². The number of hydrogen-bond acceptors (Lipinski definition) is 4. The average Bonchev–Trinajstić information content (AvgIpc) is 2.56. The number of hydrogen-bond donors (Lipinski definition) is 1. The molecule has 1 N–H and O–H groups in total. The van der Waals surface area contributed by atoms with Gasteiger partial charge in [-0.3, -0.25) is 9.69 Å². The van der Waals surface area contributed by atoms with Crippen LogP contribution >= 0.6 is 11.6 Å². The number of benzene rings is 2. The lowest BCUT2D eigenvalue weighted by molar-refractivity contribution is -0.117. The lowest BCUT2D eigenvalue weighted by Gasteiger charge is -2.17. The summed E-state index contributed by atoms with van der Waals surface area (Å²) in [5, 5.41) is 3.55. The maximum absolute atomic E-state index is 12.2. The largest absolute Gasteiger partial charge is 0.497 e. The minimum Gasteiger partial charge on any atom is -0.497 e. The van der Waals surface area contributed by atoms with Gasteiger partial charge in [-0.1, -0.05) is 29.8 Å². The van der Waals surface area contributed by atoms with Gasteiger partial charge < -0.3 is 14.8 Å². The van der Waals surface area contributed by atoms with E-state index in [0.717, 1.165) is 5.56 Å². The van der Waals surface area contributed by atoms with Crippen molar-refractivity contribution in [3.63, 3.8) is 0 Å². The molecule has 2 rings (SSSR count). The number of carbonyl (C=O) groups excluding carboxylic acids is 1. The first-order valence-electron chi connectivity index (χ1n) is 7.46. The molecule has 0 heterocycles. The van der Waals surface area contributed by atoms with Crippen molar-refractivity contribution in [1.29, 1.82) is 0 Å². The highest BCUT2D eigenvalue weighted by Gasteiger charge is 2.10. The van der Waals surface area contributed by atoms with Gasteiger partial charge in [-0.25, -0.2) is 0 Å². The predicted molar refractivity (Wildman–Crippen MR) is 96.0 cm³/mol. The third-order valence-electron chi connectivity index (χ3n) is 3.45. The van der Waals surface area contributed by atoms with Crippen LogP contribution in [0.5, 0.6) is 11.5 Å². The van der Waals surface area contributed by atoms with Crippen molar-refractivity contribution in [2.45, 2.75) is 6.54 Å². The zero-order valence-corrected chi connectivity index (χ0v) is 14.8. The number of rotatable bonds is 7. The summed E-state index contributed by atoms with van der Waals surface area (Å²) in [6, 6.07) is 12.8. The first-order valence-corrected chi connectivity index (χ1v) is 7.84. The summed E-state index contributed by atoms with van der Waals surface area (Å²) in [4.78, 5) is 14.1. The zero-order chi connectivity index (χ0) is 17.5. The predicted octanol–water partition coefficient (Wildman–Crippen LogP) is 3.43. The topological polar surface area (TPSA) is 50.8 Å². The van der Waals surface area contributed by atoms with Crippen LogP contribution < -0.4 is 14.8 Å². The fraction of sp³-hybridized carbons (Fsp3) is 0.278. The molecule has 24 heavy (non-hydrogen) atoms. The second-order valence-electron chi connectivity index (χ2n) is 5.41. The smallest absolute Gasteiger partial charge is 0.238 e. The Bertz CT molecular complexity index is 684. The minimum absolute atomic E-state index is 0.125. The molecule has 0 fully saturated rings.